The van der Waals surface area contributed by atoms with E-state index < -0.39 is 5.82 Å². The molecule has 2 N–H and O–H groups in total. The van der Waals surface area contributed by atoms with Gasteiger partial charge < -0.3 is 24.7 Å². The van der Waals surface area contributed by atoms with Crippen LogP contribution in [-0.4, -0.2) is 64.5 Å². The van der Waals surface area contributed by atoms with Crippen molar-refractivity contribution in [2.75, 3.05) is 43.6 Å². The summed E-state index contributed by atoms with van der Waals surface area (Å²) in [4.78, 5) is 19.8. The molecule has 184 valence electrons. The van der Waals surface area contributed by atoms with Gasteiger partial charge in [-0.15, -0.1) is 0 Å². The highest BCUT2D eigenvalue weighted by molar-refractivity contribution is 6.13. The van der Waals surface area contributed by atoms with E-state index in [2.05, 4.69) is 27.4 Å². The summed E-state index contributed by atoms with van der Waals surface area (Å²) in [6, 6.07) is 5.51. The van der Waals surface area contributed by atoms with Crippen LogP contribution in [0.5, 0.6) is 0 Å². The van der Waals surface area contributed by atoms with Gasteiger partial charge in [0.25, 0.3) is 5.91 Å². The molecule has 0 radical (unpaired) electrons. The van der Waals surface area contributed by atoms with Crippen molar-refractivity contribution in [3.63, 3.8) is 0 Å². The molecule has 10 heteroatoms. The van der Waals surface area contributed by atoms with E-state index >= 15 is 0 Å². The summed E-state index contributed by atoms with van der Waals surface area (Å²) in [5.41, 5.74) is 3.38. The third kappa shape index (κ3) is 4.59. The molecule has 1 aliphatic rings. The lowest BCUT2D eigenvalue weighted by Crippen LogP contribution is -2.32. The molecular formula is C25H30FN7O2. The van der Waals surface area contributed by atoms with Crippen molar-refractivity contribution in [2.24, 2.45) is 0 Å². The molecule has 1 amide bonds. The lowest BCUT2D eigenvalue weighted by molar-refractivity contribution is 0.102. The molecule has 35 heavy (non-hydrogen) atoms. The zero-order chi connectivity index (χ0) is 24.5. The highest BCUT2D eigenvalue weighted by Gasteiger charge is 2.25. The average molecular weight is 480 g/mol. The van der Waals surface area contributed by atoms with Gasteiger partial charge in [0.15, 0.2) is 11.5 Å². The Hall–Kier alpha value is -3.50. The van der Waals surface area contributed by atoms with Gasteiger partial charge in [0.1, 0.15) is 5.52 Å². The number of ether oxygens (including phenoxy) is 1. The lowest BCUT2D eigenvalue weighted by Gasteiger charge is -2.20. The quantitative estimate of drug-likeness (QED) is 0.404. The number of aromatic nitrogens is 4. The SMILES string of the molecule is CCN[C@H]1CCN(c2ccc(C(=O)Nc3cc(F)c4nc(C)cn4c3)c3nn(CCOC)cc23)C1. The molecule has 3 aromatic heterocycles. The summed E-state index contributed by atoms with van der Waals surface area (Å²) in [7, 11) is 1.65. The fourth-order valence-electron chi connectivity index (χ4n) is 4.78. The number of benzene rings is 1. The van der Waals surface area contributed by atoms with Gasteiger partial charge in [0, 0.05) is 62.0 Å². The minimum atomic E-state index is -0.496. The average Bonchev–Trinajstić information content (AvgIpc) is 3.55. The normalized spacial score (nSPS) is 16.0. The maximum absolute atomic E-state index is 14.5. The van der Waals surface area contributed by atoms with Crippen LogP contribution in [0.4, 0.5) is 15.8 Å². The maximum Gasteiger partial charge on any atom is 0.257 e. The van der Waals surface area contributed by atoms with Gasteiger partial charge in [-0.3, -0.25) is 9.48 Å². The second kappa shape index (κ2) is 9.63. The van der Waals surface area contributed by atoms with Gasteiger partial charge in [-0.25, -0.2) is 9.37 Å². The summed E-state index contributed by atoms with van der Waals surface area (Å²) < 4.78 is 23.1. The first-order valence-corrected chi connectivity index (χ1v) is 11.9. The van der Waals surface area contributed by atoms with Gasteiger partial charge in [-0.05, 0) is 32.0 Å². The van der Waals surface area contributed by atoms with Crippen LogP contribution in [0.25, 0.3) is 16.6 Å². The molecule has 0 spiro atoms. The van der Waals surface area contributed by atoms with E-state index in [1.807, 2.05) is 16.9 Å². The number of imidazole rings is 1. The van der Waals surface area contributed by atoms with Crippen molar-refractivity contribution < 1.29 is 13.9 Å². The second-order valence-corrected chi connectivity index (χ2v) is 8.91. The minimum absolute atomic E-state index is 0.227. The summed E-state index contributed by atoms with van der Waals surface area (Å²) in [6.45, 7) is 7.78. The number of amides is 1. The van der Waals surface area contributed by atoms with E-state index in [4.69, 9.17) is 9.84 Å². The molecule has 0 bridgehead atoms. The number of hydrogen-bond donors (Lipinski definition) is 2. The zero-order valence-corrected chi connectivity index (χ0v) is 20.2. The maximum atomic E-state index is 14.5. The number of nitrogens with zero attached hydrogens (tertiary/aromatic N) is 5. The van der Waals surface area contributed by atoms with Gasteiger partial charge >= 0.3 is 0 Å². The van der Waals surface area contributed by atoms with Crippen LogP contribution >= 0.6 is 0 Å². The molecule has 1 saturated heterocycles. The van der Waals surface area contributed by atoms with Gasteiger partial charge in [-0.2, -0.15) is 5.10 Å². The second-order valence-electron chi connectivity index (χ2n) is 8.91. The molecule has 9 nitrogen and oxygen atoms in total. The summed E-state index contributed by atoms with van der Waals surface area (Å²) in [5.74, 6) is -0.842. The van der Waals surface area contributed by atoms with Crippen molar-refractivity contribution in [3.05, 3.63) is 53.9 Å². The predicted octanol–water partition coefficient (Wildman–Crippen LogP) is 3.22. The summed E-state index contributed by atoms with van der Waals surface area (Å²) in [6.07, 6.45) is 6.41. The largest absolute Gasteiger partial charge is 0.383 e. The van der Waals surface area contributed by atoms with Crippen LogP contribution in [0.2, 0.25) is 0 Å². The van der Waals surface area contributed by atoms with Crippen LogP contribution in [0, 0.1) is 12.7 Å². The number of halogens is 1. The van der Waals surface area contributed by atoms with Crippen LogP contribution < -0.4 is 15.5 Å². The molecule has 1 aliphatic heterocycles. The molecule has 1 aromatic carbocycles. The first-order chi connectivity index (χ1) is 17.0. The lowest BCUT2D eigenvalue weighted by atomic mass is 10.1. The Morgan fingerprint density at radius 3 is 2.94 bits per heavy atom. The van der Waals surface area contributed by atoms with Crippen molar-refractivity contribution in [1.82, 2.24) is 24.5 Å². The fraction of sp³-hybridized carbons (Fsp3) is 0.400. The minimum Gasteiger partial charge on any atom is -0.383 e. The number of nitrogens with one attached hydrogen (secondary N) is 2. The smallest absolute Gasteiger partial charge is 0.257 e. The molecule has 1 fully saturated rings. The summed E-state index contributed by atoms with van der Waals surface area (Å²) in [5, 5.41) is 12.0. The number of pyridine rings is 1. The molecule has 0 aliphatic carbocycles. The fourth-order valence-corrected chi connectivity index (χ4v) is 4.78. The van der Waals surface area contributed by atoms with E-state index in [0.29, 0.717) is 41.7 Å². The van der Waals surface area contributed by atoms with Crippen molar-refractivity contribution >= 4 is 33.8 Å². The molecule has 4 heterocycles. The van der Waals surface area contributed by atoms with Gasteiger partial charge in [0.2, 0.25) is 0 Å². The third-order valence-corrected chi connectivity index (χ3v) is 6.38. The number of aryl methyl sites for hydroxylation is 1. The number of carbonyl (C=O) groups is 1. The molecule has 5 rings (SSSR count). The van der Waals surface area contributed by atoms with Crippen LogP contribution in [0.1, 0.15) is 29.4 Å². The molecule has 1 atom stereocenters. The van der Waals surface area contributed by atoms with Crippen molar-refractivity contribution in [3.8, 4) is 0 Å². The van der Waals surface area contributed by atoms with E-state index in [9.17, 15) is 9.18 Å². The number of carbonyl (C=O) groups excluding carboxylic acids is 1. The molecule has 0 unspecified atom stereocenters. The van der Waals surface area contributed by atoms with Crippen LogP contribution in [0.3, 0.4) is 0 Å². The van der Waals surface area contributed by atoms with E-state index in [-0.39, 0.29) is 11.6 Å². The van der Waals surface area contributed by atoms with E-state index in [1.165, 1.54) is 6.07 Å². The first kappa shape index (κ1) is 23.3. The monoisotopic (exact) mass is 479 g/mol. The molecule has 0 saturated carbocycles. The Morgan fingerprint density at radius 1 is 1.29 bits per heavy atom. The van der Waals surface area contributed by atoms with Crippen molar-refractivity contribution in [2.45, 2.75) is 32.9 Å². The summed E-state index contributed by atoms with van der Waals surface area (Å²) >= 11 is 0. The third-order valence-electron chi connectivity index (χ3n) is 6.38. The van der Waals surface area contributed by atoms with Crippen LogP contribution in [-0.2, 0) is 11.3 Å². The Morgan fingerprint density at radius 2 is 2.14 bits per heavy atom. The zero-order valence-electron chi connectivity index (χ0n) is 20.2. The van der Waals surface area contributed by atoms with Crippen LogP contribution in [0.15, 0.2) is 36.8 Å². The van der Waals surface area contributed by atoms with Gasteiger partial charge in [0.05, 0.1) is 30.1 Å². The number of hydrogen-bond acceptors (Lipinski definition) is 6. The van der Waals surface area contributed by atoms with E-state index in [0.717, 1.165) is 37.1 Å². The van der Waals surface area contributed by atoms with Crippen molar-refractivity contribution in [1.29, 1.82) is 0 Å². The number of rotatable bonds is 8. The molecule has 4 aromatic rings. The number of methoxy groups -OCH3 is 1. The Balaban J connectivity index is 1.48. The number of fused-ring (bicyclic) bond motifs is 2. The Kier molecular flexibility index (Phi) is 6.40. The number of likely N-dealkylation sites (N-methyl/N-ethyl adjacent to an activating group) is 1. The standard InChI is InChI=1S/C25H30FN7O2/c1-4-27-17-7-8-31(13-17)22-6-5-19(23-20(22)15-33(30-23)9-10-35-3)25(34)29-18-11-21(26)24-28-16(2)12-32(24)14-18/h5-6,11-12,14-15,17,27H,4,7-10,13H2,1-3H3,(H,29,34)/t17-/m0/s1. The molecular weight excluding hydrogens is 449 g/mol. The highest BCUT2D eigenvalue weighted by atomic mass is 19.1. The number of anilines is 2. The van der Waals surface area contributed by atoms with E-state index in [1.54, 1.807) is 36.9 Å². The Labute approximate surface area is 202 Å². The van der Waals surface area contributed by atoms with Gasteiger partial charge in [-0.1, -0.05) is 6.92 Å². The first-order valence-electron chi connectivity index (χ1n) is 11.9. The topological polar surface area (TPSA) is 88.7 Å². The highest BCUT2D eigenvalue weighted by Crippen LogP contribution is 2.32. The Bertz CT molecular complexity index is 1380. The predicted molar refractivity (Wildman–Crippen MR) is 134 cm³/mol.